The third-order valence-corrected chi connectivity index (χ3v) is 11.8. The van der Waals surface area contributed by atoms with Crippen molar-refractivity contribution in [1.29, 1.82) is 0 Å². The molecule has 10 rings (SSSR count). The number of rotatable bonds is 3. The second-order valence-electron chi connectivity index (χ2n) is 12.0. The van der Waals surface area contributed by atoms with Crippen LogP contribution in [0.25, 0.3) is 83.8 Å². The molecule has 0 bridgehead atoms. The zero-order valence-electron chi connectivity index (χ0n) is 24.4. The number of hydrogen-bond acceptors (Lipinski definition) is 2. The molecule has 2 heterocycles. The van der Waals surface area contributed by atoms with E-state index < -0.39 is 0 Å². The van der Waals surface area contributed by atoms with Crippen LogP contribution in [-0.2, 0) is 6.42 Å². The van der Waals surface area contributed by atoms with Crippen LogP contribution < -0.4 is 0 Å². The van der Waals surface area contributed by atoms with Crippen molar-refractivity contribution >= 4 is 95.3 Å². The molecule has 0 fully saturated rings. The Morgan fingerprint density at radius 3 is 1.89 bits per heavy atom. The molecular weight excluding hydrogens is 581 g/mol. The lowest BCUT2D eigenvalue weighted by atomic mass is 9.91. The molecule has 0 aliphatic rings. The molecule has 0 atom stereocenters. The van der Waals surface area contributed by atoms with Crippen molar-refractivity contribution in [3.05, 3.63) is 157 Å². The molecule has 2 heteroatoms. The Kier molecular flexibility index (Phi) is 5.48. The SMILES string of the molecule is c1ccc2c(-c3ccc(Cc4cc5ccc6sc7ccccc7c6c5c5ccccc45)cc3)c3sc4ccccc4c3cc2c1. The molecule has 0 saturated carbocycles. The lowest BCUT2D eigenvalue weighted by Crippen LogP contribution is -1.92. The van der Waals surface area contributed by atoms with Crippen molar-refractivity contribution < 1.29 is 0 Å². The first kappa shape index (κ1) is 25.3. The van der Waals surface area contributed by atoms with Crippen LogP contribution in [0.15, 0.2) is 146 Å². The summed E-state index contributed by atoms with van der Waals surface area (Å²) in [6.45, 7) is 0. The van der Waals surface area contributed by atoms with Crippen molar-refractivity contribution in [3.8, 4) is 11.1 Å². The Hall–Kier alpha value is -5.02. The molecule has 0 saturated heterocycles. The second-order valence-corrected chi connectivity index (χ2v) is 14.2. The van der Waals surface area contributed by atoms with Crippen molar-refractivity contribution in [2.45, 2.75) is 6.42 Å². The third kappa shape index (κ3) is 3.83. The molecule has 10 aromatic rings. The van der Waals surface area contributed by atoms with Gasteiger partial charge in [0, 0.05) is 45.9 Å². The molecule has 0 radical (unpaired) electrons. The molecule has 0 amide bonds. The highest BCUT2D eigenvalue weighted by Gasteiger charge is 2.16. The Bertz CT molecular complexity index is 2780. The van der Waals surface area contributed by atoms with E-state index in [4.69, 9.17) is 0 Å². The minimum atomic E-state index is 0.896. The molecule has 2 aromatic heterocycles. The lowest BCUT2D eigenvalue weighted by Gasteiger charge is -2.13. The quantitative estimate of drug-likeness (QED) is 0.176. The topological polar surface area (TPSA) is 0 Å². The molecule has 0 unspecified atom stereocenters. The summed E-state index contributed by atoms with van der Waals surface area (Å²) in [7, 11) is 0. The molecule has 45 heavy (non-hydrogen) atoms. The van der Waals surface area contributed by atoms with Crippen molar-refractivity contribution in [2.75, 3.05) is 0 Å². The second kappa shape index (κ2) is 9.74. The van der Waals surface area contributed by atoms with Crippen LogP contribution in [0.3, 0.4) is 0 Å². The first-order valence-electron chi connectivity index (χ1n) is 15.5. The first-order chi connectivity index (χ1) is 22.3. The summed E-state index contributed by atoms with van der Waals surface area (Å²) in [6.07, 6.45) is 0.896. The Morgan fingerprint density at radius 2 is 1.07 bits per heavy atom. The van der Waals surface area contributed by atoms with E-state index in [0.29, 0.717) is 0 Å². The monoisotopic (exact) mass is 606 g/mol. The van der Waals surface area contributed by atoms with E-state index in [0.717, 1.165) is 6.42 Å². The highest BCUT2D eigenvalue weighted by Crippen LogP contribution is 2.45. The highest BCUT2D eigenvalue weighted by molar-refractivity contribution is 7.26. The first-order valence-corrected chi connectivity index (χ1v) is 17.1. The van der Waals surface area contributed by atoms with E-state index in [1.165, 1.54) is 94.9 Å². The predicted molar refractivity (Wildman–Crippen MR) is 199 cm³/mol. The van der Waals surface area contributed by atoms with Crippen LogP contribution in [0.2, 0.25) is 0 Å². The van der Waals surface area contributed by atoms with E-state index in [9.17, 15) is 0 Å². The van der Waals surface area contributed by atoms with Crippen LogP contribution in [0.4, 0.5) is 0 Å². The average molecular weight is 607 g/mol. The molecule has 0 aliphatic carbocycles. The van der Waals surface area contributed by atoms with E-state index in [1.807, 2.05) is 22.7 Å². The van der Waals surface area contributed by atoms with Gasteiger partial charge < -0.3 is 0 Å². The van der Waals surface area contributed by atoms with Gasteiger partial charge in [0.05, 0.1) is 0 Å². The van der Waals surface area contributed by atoms with Gasteiger partial charge in [0.2, 0.25) is 0 Å². The molecule has 8 aromatic carbocycles. The smallest absolute Gasteiger partial charge is 0.0440 e. The van der Waals surface area contributed by atoms with Crippen LogP contribution in [-0.4, -0.2) is 0 Å². The summed E-state index contributed by atoms with van der Waals surface area (Å²) in [6, 6.07) is 54.3. The largest absolute Gasteiger partial charge is 0.135 e. The Labute approximate surface area is 268 Å². The van der Waals surface area contributed by atoms with Crippen molar-refractivity contribution in [2.24, 2.45) is 0 Å². The third-order valence-electron chi connectivity index (χ3n) is 9.48. The van der Waals surface area contributed by atoms with Gasteiger partial charge in [0.1, 0.15) is 0 Å². The summed E-state index contributed by atoms with van der Waals surface area (Å²) in [4.78, 5) is 0. The lowest BCUT2D eigenvalue weighted by molar-refractivity contribution is 1.22. The minimum absolute atomic E-state index is 0.896. The molecular formula is C43H26S2. The van der Waals surface area contributed by atoms with Gasteiger partial charge in [-0.05, 0) is 79.7 Å². The van der Waals surface area contributed by atoms with Gasteiger partial charge >= 0.3 is 0 Å². The van der Waals surface area contributed by atoms with E-state index in [-0.39, 0.29) is 0 Å². The number of thiophene rings is 2. The van der Waals surface area contributed by atoms with Crippen molar-refractivity contribution in [1.82, 2.24) is 0 Å². The van der Waals surface area contributed by atoms with Gasteiger partial charge in [0.15, 0.2) is 0 Å². The Morgan fingerprint density at radius 1 is 0.400 bits per heavy atom. The van der Waals surface area contributed by atoms with E-state index in [1.54, 1.807) is 0 Å². The number of fused-ring (bicyclic) bond motifs is 11. The summed E-state index contributed by atoms with van der Waals surface area (Å²) in [5, 5.41) is 13.4. The van der Waals surface area contributed by atoms with E-state index in [2.05, 4.69) is 146 Å². The standard InChI is InChI=1S/C43H26S2/c1-2-11-32-28(9-1)25-36-33-12-5-7-15-37(33)45-43(36)41(32)27-19-17-26(18-20-27)23-30-24-29-21-22-39-42(35-14-6-8-16-38(35)44-39)40(29)34-13-4-3-10-31(30)34/h1-22,24-25H,23H2. The van der Waals surface area contributed by atoms with Gasteiger partial charge in [-0.3, -0.25) is 0 Å². The summed E-state index contributed by atoms with van der Waals surface area (Å²) in [5.74, 6) is 0. The maximum absolute atomic E-state index is 2.43. The maximum atomic E-state index is 2.43. The van der Waals surface area contributed by atoms with Crippen LogP contribution >= 0.6 is 22.7 Å². The maximum Gasteiger partial charge on any atom is 0.0440 e. The van der Waals surface area contributed by atoms with E-state index >= 15 is 0 Å². The summed E-state index contributed by atoms with van der Waals surface area (Å²) < 4.78 is 5.43. The minimum Gasteiger partial charge on any atom is -0.135 e. The summed E-state index contributed by atoms with van der Waals surface area (Å²) >= 11 is 3.80. The van der Waals surface area contributed by atoms with Gasteiger partial charge in [-0.25, -0.2) is 0 Å². The van der Waals surface area contributed by atoms with Gasteiger partial charge in [-0.1, -0.05) is 121 Å². The molecule has 210 valence electrons. The average Bonchev–Trinajstić information content (AvgIpc) is 3.66. The number of benzene rings is 8. The van der Waals surface area contributed by atoms with Crippen LogP contribution in [0, 0.1) is 0 Å². The fourth-order valence-electron chi connectivity index (χ4n) is 7.45. The molecule has 0 nitrogen and oxygen atoms in total. The molecule has 0 N–H and O–H groups in total. The fraction of sp³-hybridized carbons (Fsp3) is 0.0233. The van der Waals surface area contributed by atoms with Crippen LogP contribution in [0.5, 0.6) is 0 Å². The fourth-order valence-corrected chi connectivity index (χ4v) is 9.83. The summed E-state index contributed by atoms with van der Waals surface area (Å²) in [5.41, 5.74) is 5.33. The highest BCUT2D eigenvalue weighted by atomic mass is 32.1. The van der Waals surface area contributed by atoms with Gasteiger partial charge in [-0.2, -0.15) is 0 Å². The number of hydrogen-bond donors (Lipinski definition) is 0. The van der Waals surface area contributed by atoms with Crippen molar-refractivity contribution in [3.63, 3.8) is 0 Å². The predicted octanol–water partition coefficient (Wildman–Crippen LogP) is 13.1. The normalized spacial score (nSPS) is 12.1. The van der Waals surface area contributed by atoms with Gasteiger partial charge in [0.25, 0.3) is 0 Å². The van der Waals surface area contributed by atoms with Crippen LogP contribution in [0.1, 0.15) is 11.1 Å². The molecule has 0 spiro atoms. The van der Waals surface area contributed by atoms with Gasteiger partial charge in [-0.15, -0.1) is 22.7 Å². The molecule has 0 aliphatic heterocycles. The Balaban J connectivity index is 1.12. The zero-order chi connectivity index (χ0) is 29.5. The zero-order valence-corrected chi connectivity index (χ0v) is 26.0.